The van der Waals surface area contributed by atoms with Crippen molar-refractivity contribution in [3.8, 4) is 0 Å². The number of hydrogen-bond acceptors (Lipinski definition) is 3. The Hall–Kier alpha value is -1.88. The molecule has 1 atom stereocenters. The normalized spacial score (nSPS) is 22.0. The van der Waals surface area contributed by atoms with E-state index in [4.69, 9.17) is 0 Å². The van der Waals surface area contributed by atoms with Gasteiger partial charge in [-0.15, -0.1) is 0 Å². The quantitative estimate of drug-likeness (QED) is 0.764. The highest BCUT2D eigenvalue weighted by molar-refractivity contribution is 6.04. The fraction of sp³-hybridized carbons (Fsp3) is 0.636. The second-order valence-corrected chi connectivity index (χ2v) is 8.68. The fourth-order valence-corrected chi connectivity index (χ4v) is 4.21. The maximum atomic E-state index is 13.1. The smallest absolute Gasteiger partial charge is 0.237 e. The summed E-state index contributed by atoms with van der Waals surface area (Å²) in [6.45, 7) is 11.3. The first-order valence-electron chi connectivity index (χ1n) is 10.2. The molecule has 2 fully saturated rings. The zero-order chi connectivity index (χ0) is 19.4. The summed E-state index contributed by atoms with van der Waals surface area (Å²) in [5, 5.41) is 0. The van der Waals surface area contributed by atoms with E-state index in [9.17, 15) is 9.59 Å². The number of piperidine rings is 1. The highest BCUT2D eigenvalue weighted by atomic mass is 16.2. The van der Waals surface area contributed by atoms with Crippen molar-refractivity contribution in [1.29, 1.82) is 0 Å². The number of piperazine rings is 1. The average molecular weight is 372 g/mol. The molecule has 27 heavy (non-hydrogen) atoms. The molecular weight excluding hydrogens is 338 g/mol. The molecule has 5 nitrogen and oxygen atoms in total. The molecule has 1 aromatic carbocycles. The van der Waals surface area contributed by atoms with Gasteiger partial charge in [-0.3, -0.25) is 14.5 Å². The van der Waals surface area contributed by atoms with Crippen LogP contribution in [0.1, 0.15) is 39.2 Å². The van der Waals surface area contributed by atoms with Gasteiger partial charge in [-0.25, -0.2) is 0 Å². The average Bonchev–Trinajstić information content (AvgIpc) is 2.68. The van der Waals surface area contributed by atoms with E-state index in [2.05, 4.69) is 36.1 Å². The van der Waals surface area contributed by atoms with Crippen LogP contribution in [0.25, 0.3) is 0 Å². The Balaban J connectivity index is 1.55. The van der Waals surface area contributed by atoms with Crippen LogP contribution < -0.4 is 0 Å². The van der Waals surface area contributed by atoms with E-state index in [1.165, 1.54) is 12.0 Å². The van der Waals surface area contributed by atoms with Gasteiger partial charge in [0.15, 0.2) is 0 Å². The third-order valence-electron chi connectivity index (χ3n) is 5.92. The molecule has 3 rings (SSSR count). The molecule has 0 saturated carbocycles. The number of nitrogens with zero attached hydrogens (tertiary/aromatic N) is 3. The third kappa shape index (κ3) is 4.70. The van der Waals surface area contributed by atoms with Gasteiger partial charge in [-0.2, -0.15) is 0 Å². The van der Waals surface area contributed by atoms with Gasteiger partial charge >= 0.3 is 0 Å². The highest BCUT2D eigenvalue weighted by Gasteiger charge is 2.43. The van der Waals surface area contributed by atoms with E-state index >= 15 is 0 Å². The summed E-state index contributed by atoms with van der Waals surface area (Å²) in [6.07, 6.45) is 2.21. The van der Waals surface area contributed by atoms with E-state index in [1.54, 1.807) is 13.8 Å². The first kappa shape index (κ1) is 19.9. The minimum atomic E-state index is -0.974. The molecule has 0 radical (unpaired) electrons. The molecule has 0 spiro atoms. The van der Waals surface area contributed by atoms with Crippen molar-refractivity contribution in [3.63, 3.8) is 0 Å². The van der Waals surface area contributed by atoms with Crippen molar-refractivity contribution in [2.45, 2.75) is 40.2 Å². The molecule has 2 amide bonds. The van der Waals surface area contributed by atoms with E-state index in [-0.39, 0.29) is 11.8 Å². The Morgan fingerprint density at radius 2 is 1.59 bits per heavy atom. The van der Waals surface area contributed by atoms with Crippen molar-refractivity contribution in [2.75, 3.05) is 39.3 Å². The largest absolute Gasteiger partial charge is 0.342 e. The van der Waals surface area contributed by atoms with Gasteiger partial charge in [0.05, 0.1) is 0 Å². The van der Waals surface area contributed by atoms with Gasteiger partial charge in [-0.05, 0) is 38.2 Å². The molecule has 5 heteroatoms. The van der Waals surface area contributed by atoms with Crippen LogP contribution in [-0.2, 0) is 16.1 Å². The van der Waals surface area contributed by atoms with Crippen LogP contribution in [0.3, 0.4) is 0 Å². The first-order chi connectivity index (χ1) is 12.9. The summed E-state index contributed by atoms with van der Waals surface area (Å²) >= 11 is 0. The molecule has 148 valence electrons. The number of rotatable bonds is 4. The lowest BCUT2D eigenvalue weighted by Crippen LogP contribution is -2.56. The number of carbonyl (C=O) groups excluding carboxylic acids is 2. The molecule has 2 heterocycles. The van der Waals surface area contributed by atoms with Gasteiger partial charge in [0.2, 0.25) is 11.8 Å². The fourth-order valence-electron chi connectivity index (χ4n) is 4.21. The van der Waals surface area contributed by atoms with Gasteiger partial charge in [0.1, 0.15) is 5.41 Å². The Kier molecular flexibility index (Phi) is 6.20. The Morgan fingerprint density at radius 1 is 0.963 bits per heavy atom. The Labute approximate surface area is 163 Å². The van der Waals surface area contributed by atoms with Crippen LogP contribution in [0.15, 0.2) is 30.3 Å². The Morgan fingerprint density at radius 3 is 2.22 bits per heavy atom. The molecule has 0 aromatic heterocycles. The van der Waals surface area contributed by atoms with Crippen LogP contribution in [0.4, 0.5) is 0 Å². The summed E-state index contributed by atoms with van der Waals surface area (Å²) in [4.78, 5) is 32.3. The van der Waals surface area contributed by atoms with Crippen molar-refractivity contribution >= 4 is 11.8 Å². The lowest BCUT2D eigenvalue weighted by Gasteiger charge is -2.40. The number of hydrogen-bond donors (Lipinski definition) is 0. The predicted octanol–water partition coefficient (Wildman–Crippen LogP) is 2.62. The number of carbonyl (C=O) groups is 2. The summed E-state index contributed by atoms with van der Waals surface area (Å²) in [7, 11) is 0. The SMILES string of the molecule is CC1CCCN(C(=O)C(C)(C)C(=O)N2CCN(Cc3ccccc3)CC2)C1. The van der Waals surface area contributed by atoms with Gasteiger partial charge in [0, 0.05) is 45.8 Å². The predicted molar refractivity (Wildman–Crippen MR) is 107 cm³/mol. The topological polar surface area (TPSA) is 43.9 Å². The second-order valence-electron chi connectivity index (χ2n) is 8.68. The van der Waals surface area contributed by atoms with Crippen molar-refractivity contribution in [2.24, 2.45) is 11.3 Å². The number of likely N-dealkylation sites (tertiary alicyclic amines) is 1. The minimum Gasteiger partial charge on any atom is -0.342 e. The second kappa shape index (κ2) is 8.42. The molecule has 2 saturated heterocycles. The first-order valence-corrected chi connectivity index (χ1v) is 10.2. The standard InChI is InChI=1S/C22H33N3O2/c1-18-8-7-11-25(16-18)21(27)22(2,3)20(26)24-14-12-23(13-15-24)17-19-9-5-4-6-10-19/h4-6,9-10,18H,7-8,11-17H2,1-3H3. The summed E-state index contributed by atoms with van der Waals surface area (Å²) in [6, 6.07) is 10.4. The highest BCUT2D eigenvalue weighted by Crippen LogP contribution is 2.26. The third-order valence-corrected chi connectivity index (χ3v) is 5.92. The van der Waals surface area contributed by atoms with Crippen LogP contribution >= 0.6 is 0 Å². The van der Waals surface area contributed by atoms with Crippen LogP contribution in [0.2, 0.25) is 0 Å². The molecule has 0 bridgehead atoms. The number of benzene rings is 1. The van der Waals surface area contributed by atoms with Crippen molar-refractivity contribution in [3.05, 3.63) is 35.9 Å². The van der Waals surface area contributed by atoms with Crippen LogP contribution in [-0.4, -0.2) is 65.8 Å². The summed E-state index contributed by atoms with van der Waals surface area (Å²) in [5.41, 5.74) is 0.325. The van der Waals surface area contributed by atoms with Crippen molar-refractivity contribution in [1.82, 2.24) is 14.7 Å². The molecule has 2 aliphatic heterocycles. The zero-order valence-electron chi connectivity index (χ0n) is 17.0. The molecule has 1 unspecified atom stereocenters. The zero-order valence-corrected chi connectivity index (χ0v) is 17.0. The van der Waals surface area contributed by atoms with Crippen molar-refractivity contribution < 1.29 is 9.59 Å². The van der Waals surface area contributed by atoms with Gasteiger partial charge < -0.3 is 9.80 Å². The molecule has 0 aliphatic carbocycles. The van der Waals surface area contributed by atoms with Crippen LogP contribution in [0.5, 0.6) is 0 Å². The summed E-state index contributed by atoms with van der Waals surface area (Å²) < 4.78 is 0. The maximum Gasteiger partial charge on any atom is 0.237 e. The maximum absolute atomic E-state index is 13.1. The van der Waals surface area contributed by atoms with E-state index in [0.29, 0.717) is 19.0 Å². The Bertz CT molecular complexity index is 651. The van der Waals surface area contributed by atoms with E-state index in [0.717, 1.165) is 39.1 Å². The van der Waals surface area contributed by atoms with Gasteiger partial charge in [0.25, 0.3) is 0 Å². The van der Waals surface area contributed by atoms with E-state index in [1.807, 2.05) is 15.9 Å². The molecular formula is C22H33N3O2. The molecule has 2 aliphatic rings. The van der Waals surface area contributed by atoms with E-state index < -0.39 is 5.41 Å². The molecule has 1 aromatic rings. The minimum absolute atomic E-state index is 0.00855. The number of amides is 2. The summed E-state index contributed by atoms with van der Waals surface area (Å²) in [5.74, 6) is 0.492. The lowest BCUT2D eigenvalue weighted by molar-refractivity contribution is -0.156. The molecule has 0 N–H and O–H groups in total. The lowest BCUT2D eigenvalue weighted by atomic mass is 9.87. The van der Waals surface area contributed by atoms with Gasteiger partial charge in [-0.1, -0.05) is 37.3 Å². The van der Waals surface area contributed by atoms with Crippen LogP contribution in [0, 0.1) is 11.3 Å². The monoisotopic (exact) mass is 371 g/mol.